The van der Waals surface area contributed by atoms with Crippen molar-refractivity contribution >= 4 is 5.91 Å². The molecule has 1 aliphatic carbocycles. The van der Waals surface area contributed by atoms with Crippen molar-refractivity contribution in [3.63, 3.8) is 0 Å². The normalized spacial score (nSPS) is 38.0. The number of amides is 1. The summed E-state index contributed by atoms with van der Waals surface area (Å²) in [5, 5.41) is 6.46. The Hall–Kier alpha value is -0.570. The second-order valence-electron chi connectivity index (χ2n) is 6.17. The van der Waals surface area contributed by atoms with Gasteiger partial charge in [0.05, 0.1) is 6.04 Å². The van der Waals surface area contributed by atoms with Crippen molar-refractivity contribution in [3.8, 4) is 0 Å². The van der Waals surface area contributed by atoms with Gasteiger partial charge in [-0.25, -0.2) is 0 Å². The summed E-state index contributed by atoms with van der Waals surface area (Å²) in [6.07, 6.45) is 6.10. The first-order valence-corrected chi connectivity index (χ1v) is 7.16. The van der Waals surface area contributed by atoms with Gasteiger partial charge in [-0.05, 0) is 50.0 Å². The minimum absolute atomic E-state index is 0.0533. The molecule has 1 heterocycles. The van der Waals surface area contributed by atoms with Crippen LogP contribution in [0.1, 0.15) is 46.0 Å². The van der Waals surface area contributed by atoms with Gasteiger partial charge in [-0.2, -0.15) is 0 Å². The molecule has 0 aromatic rings. The zero-order valence-electron chi connectivity index (χ0n) is 11.2. The molecule has 3 heteroatoms. The molecule has 0 spiro atoms. The zero-order valence-corrected chi connectivity index (χ0v) is 11.2. The number of hydrogen-bond donors (Lipinski definition) is 2. The lowest BCUT2D eigenvalue weighted by Gasteiger charge is -2.27. The van der Waals surface area contributed by atoms with E-state index in [0.29, 0.717) is 5.92 Å². The molecule has 2 N–H and O–H groups in total. The van der Waals surface area contributed by atoms with Crippen LogP contribution in [0.4, 0.5) is 0 Å². The van der Waals surface area contributed by atoms with Crippen LogP contribution < -0.4 is 10.6 Å². The summed E-state index contributed by atoms with van der Waals surface area (Å²) in [6, 6.07) is 0.0533. The topological polar surface area (TPSA) is 41.1 Å². The molecule has 4 atom stereocenters. The zero-order chi connectivity index (χ0) is 12.3. The number of carbonyl (C=O) groups is 1. The molecule has 1 saturated carbocycles. The highest BCUT2D eigenvalue weighted by molar-refractivity contribution is 5.81. The van der Waals surface area contributed by atoms with E-state index in [1.165, 1.54) is 25.7 Å². The molecule has 1 amide bonds. The minimum atomic E-state index is 0.0533. The SMILES string of the molecule is CC1CCC(CNC(=O)C2CC(C)CCN2)C1. The van der Waals surface area contributed by atoms with Gasteiger partial charge in [0, 0.05) is 6.54 Å². The number of carbonyl (C=O) groups excluding carboxylic acids is 1. The van der Waals surface area contributed by atoms with E-state index >= 15 is 0 Å². The van der Waals surface area contributed by atoms with Gasteiger partial charge in [0.25, 0.3) is 0 Å². The number of piperidine rings is 1. The second kappa shape index (κ2) is 5.85. The average molecular weight is 238 g/mol. The molecule has 2 rings (SSSR count). The average Bonchev–Trinajstić information content (AvgIpc) is 2.72. The van der Waals surface area contributed by atoms with Gasteiger partial charge in [-0.3, -0.25) is 4.79 Å². The Morgan fingerprint density at radius 3 is 2.59 bits per heavy atom. The molecule has 0 bridgehead atoms. The first kappa shape index (κ1) is 12.9. The molecule has 17 heavy (non-hydrogen) atoms. The lowest BCUT2D eigenvalue weighted by molar-refractivity contribution is -0.124. The van der Waals surface area contributed by atoms with E-state index in [4.69, 9.17) is 0 Å². The smallest absolute Gasteiger partial charge is 0.237 e. The van der Waals surface area contributed by atoms with Crippen molar-refractivity contribution in [3.05, 3.63) is 0 Å². The molecular formula is C14H26N2O. The second-order valence-corrected chi connectivity index (χ2v) is 6.17. The largest absolute Gasteiger partial charge is 0.354 e. The summed E-state index contributed by atoms with van der Waals surface area (Å²) >= 11 is 0. The molecule has 1 aliphatic heterocycles. The molecule has 1 saturated heterocycles. The van der Waals surface area contributed by atoms with E-state index in [9.17, 15) is 4.79 Å². The first-order chi connectivity index (χ1) is 8.15. The minimum Gasteiger partial charge on any atom is -0.354 e. The molecular weight excluding hydrogens is 212 g/mol. The van der Waals surface area contributed by atoms with E-state index in [1.54, 1.807) is 0 Å². The molecule has 3 nitrogen and oxygen atoms in total. The standard InChI is InChI=1S/C14H26N2O/c1-10-3-4-12(7-10)9-16-14(17)13-8-11(2)5-6-15-13/h10-13,15H,3-9H2,1-2H3,(H,16,17). The maximum atomic E-state index is 12.0. The van der Waals surface area contributed by atoms with Crippen molar-refractivity contribution in [2.75, 3.05) is 13.1 Å². The van der Waals surface area contributed by atoms with Crippen molar-refractivity contribution in [2.45, 2.75) is 52.0 Å². The van der Waals surface area contributed by atoms with Crippen molar-refractivity contribution in [2.24, 2.45) is 17.8 Å². The first-order valence-electron chi connectivity index (χ1n) is 7.16. The van der Waals surface area contributed by atoms with E-state index < -0.39 is 0 Å². The number of hydrogen-bond acceptors (Lipinski definition) is 2. The summed E-state index contributed by atoms with van der Waals surface area (Å²) in [6.45, 7) is 6.42. The molecule has 0 radical (unpaired) electrons. The highest BCUT2D eigenvalue weighted by Gasteiger charge is 2.26. The number of nitrogens with one attached hydrogen (secondary N) is 2. The quantitative estimate of drug-likeness (QED) is 0.789. The molecule has 0 aromatic heterocycles. The van der Waals surface area contributed by atoms with Crippen LogP contribution >= 0.6 is 0 Å². The highest BCUT2D eigenvalue weighted by atomic mass is 16.2. The van der Waals surface area contributed by atoms with Gasteiger partial charge < -0.3 is 10.6 Å². The predicted octanol–water partition coefficient (Wildman–Crippen LogP) is 1.93. The van der Waals surface area contributed by atoms with Gasteiger partial charge in [0.15, 0.2) is 0 Å². The van der Waals surface area contributed by atoms with E-state index in [2.05, 4.69) is 24.5 Å². The Morgan fingerprint density at radius 2 is 1.94 bits per heavy atom. The monoisotopic (exact) mass is 238 g/mol. The fraction of sp³-hybridized carbons (Fsp3) is 0.929. The Bertz CT molecular complexity index is 267. The van der Waals surface area contributed by atoms with E-state index in [1.807, 2.05) is 0 Å². The van der Waals surface area contributed by atoms with E-state index in [0.717, 1.165) is 31.3 Å². The predicted molar refractivity (Wildman–Crippen MR) is 69.7 cm³/mol. The van der Waals surface area contributed by atoms with Crippen molar-refractivity contribution in [1.82, 2.24) is 10.6 Å². The third-order valence-corrected chi connectivity index (χ3v) is 4.35. The molecule has 4 unspecified atom stereocenters. The third-order valence-electron chi connectivity index (χ3n) is 4.35. The molecule has 2 aliphatic rings. The van der Waals surface area contributed by atoms with Crippen molar-refractivity contribution in [1.29, 1.82) is 0 Å². The highest BCUT2D eigenvalue weighted by Crippen LogP contribution is 2.29. The van der Waals surface area contributed by atoms with Crippen LogP contribution in [0.25, 0.3) is 0 Å². The van der Waals surface area contributed by atoms with Gasteiger partial charge in [-0.15, -0.1) is 0 Å². The van der Waals surface area contributed by atoms with Crippen LogP contribution in [0.15, 0.2) is 0 Å². The van der Waals surface area contributed by atoms with Crippen LogP contribution in [0.2, 0.25) is 0 Å². The lowest BCUT2D eigenvalue weighted by atomic mass is 9.94. The van der Waals surface area contributed by atoms with Crippen LogP contribution in [0.5, 0.6) is 0 Å². The Kier molecular flexibility index (Phi) is 4.43. The van der Waals surface area contributed by atoms with Gasteiger partial charge >= 0.3 is 0 Å². The van der Waals surface area contributed by atoms with Gasteiger partial charge in [0.2, 0.25) is 5.91 Å². The summed E-state index contributed by atoms with van der Waals surface area (Å²) in [5.74, 6) is 2.47. The fourth-order valence-corrected chi connectivity index (χ4v) is 3.19. The third kappa shape index (κ3) is 3.70. The number of rotatable bonds is 3. The molecule has 2 fully saturated rings. The van der Waals surface area contributed by atoms with Gasteiger partial charge in [-0.1, -0.05) is 20.3 Å². The summed E-state index contributed by atoms with van der Waals surface area (Å²) in [5.41, 5.74) is 0. The summed E-state index contributed by atoms with van der Waals surface area (Å²) in [4.78, 5) is 12.0. The molecule has 0 aromatic carbocycles. The van der Waals surface area contributed by atoms with Crippen LogP contribution in [-0.4, -0.2) is 25.0 Å². The Labute approximate surface area is 105 Å². The Morgan fingerprint density at radius 1 is 1.18 bits per heavy atom. The maximum absolute atomic E-state index is 12.0. The van der Waals surface area contributed by atoms with Crippen molar-refractivity contribution < 1.29 is 4.79 Å². The van der Waals surface area contributed by atoms with Gasteiger partial charge in [0.1, 0.15) is 0 Å². The van der Waals surface area contributed by atoms with Crippen LogP contribution in [-0.2, 0) is 4.79 Å². The van der Waals surface area contributed by atoms with Crippen LogP contribution in [0.3, 0.4) is 0 Å². The van der Waals surface area contributed by atoms with E-state index in [-0.39, 0.29) is 11.9 Å². The van der Waals surface area contributed by atoms with Crippen LogP contribution in [0, 0.1) is 17.8 Å². The lowest BCUT2D eigenvalue weighted by Crippen LogP contribution is -2.49. The Balaban J connectivity index is 1.69. The summed E-state index contributed by atoms with van der Waals surface area (Å²) in [7, 11) is 0. The molecule has 98 valence electrons. The summed E-state index contributed by atoms with van der Waals surface area (Å²) < 4.78 is 0. The fourth-order valence-electron chi connectivity index (χ4n) is 3.19. The maximum Gasteiger partial charge on any atom is 0.237 e.